The van der Waals surface area contributed by atoms with E-state index in [4.69, 9.17) is 0 Å². The minimum atomic E-state index is -0.296. The molecule has 0 saturated carbocycles. The van der Waals surface area contributed by atoms with Crippen LogP contribution in [0.15, 0.2) is 46.3 Å². The highest BCUT2D eigenvalue weighted by Gasteiger charge is 1.99. The lowest BCUT2D eigenvalue weighted by atomic mass is 10.1. The van der Waals surface area contributed by atoms with E-state index in [1.165, 1.54) is 17.3 Å². The van der Waals surface area contributed by atoms with E-state index in [1.54, 1.807) is 11.8 Å². The molecule has 0 fully saturated rings. The number of thioether (sulfide) groups is 1. The van der Waals surface area contributed by atoms with E-state index in [0.717, 1.165) is 10.8 Å². The van der Waals surface area contributed by atoms with Gasteiger partial charge in [-0.2, -0.15) is 0 Å². The Kier molecular flexibility index (Phi) is 3.41. The summed E-state index contributed by atoms with van der Waals surface area (Å²) in [4.78, 5) is 17.3. The second-order valence-electron chi connectivity index (χ2n) is 3.45. The maximum Gasteiger partial charge on any atom is 0.345 e. The summed E-state index contributed by atoms with van der Waals surface area (Å²) in [6.45, 7) is 2.09. The van der Waals surface area contributed by atoms with Gasteiger partial charge in [0, 0.05) is 11.9 Å². The van der Waals surface area contributed by atoms with Crippen LogP contribution in [-0.4, -0.2) is 9.97 Å². The van der Waals surface area contributed by atoms with Gasteiger partial charge < -0.3 is 4.98 Å². The van der Waals surface area contributed by atoms with Crippen molar-refractivity contribution in [2.45, 2.75) is 17.7 Å². The van der Waals surface area contributed by atoms with Crippen LogP contribution in [0.2, 0.25) is 0 Å². The Labute approximate surface area is 97.9 Å². The van der Waals surface area contributed by atoms with Crippen molar-refractivity contribution in [3.8, 4) is 0 Å². The summed E-state index contributed by atoms with van der Waals surface area (Å²) < 4.78 is 0. The third-order valence-electron chi connectivity index (χ3n) is 2.29. The number of nitrogens with zero attached hydrogens (tertiary/aromatic N) is 1. The van der Waals surface area contributed by atoms with E-state index in [2.05, 4.69) is 29.0 Å². The first kappa shape index (κ1) is 11.0. The smallest absolute Gasteiger partial charge is 0.300 e. The fraction of sp³-hybridized carbons (Fsp3) is 0.167. The van der Waals surface area contributed by atoms with Gasteiger partial charge in [0.2, 0.25) is 0 Å². The molecule has 1 aromatic heterocycles. The van der Waals surface area contributed by atoms with Gasteiger partial charge in [0.1, 0.15) is 0 Å². The Morgan fingerprint density at radius 2 is 2.12 bits per heavy atom. The van der Waals surface area contributed by atoms with Crippen LogP contribution in [-0.2, 0) is 5.75 Å². The van der Waals surface area contributed by atoms with Crippen LogP contribution in [0.4, 0.5) is 0 Å². The molecule has 0 spiro atoms. The van der Waals surface area contributed by atoms with Crippen LogP contribution >= 0.6 is 11.8 Å². The molecule has 2 aromatic rings. The van der Waals surface area contributed by atoms with Crippen LogP contribution in [0.5, 0.6) is 0 Å². The second-order valence-corrected chi connectivity index (χ2v) is 4.47. The van der Waals surface area contributed by atoms with Gasteiger partial charge in [0.15, 0.2) is 0 Å². The Balaban J connectivity index is 2.08. The molecule has 16 heavy (non-hydrogen) atoms. The van der Waals surface area contributed by atoms with Gasteiger partial charge in [-0.25, -0.2) is 9.78 Å². The number of benzene rings is 1. The van der Waals surface area contributed by atoms with Crippen LogP contribution in [0, 0.1) is 6.92 Å². The molecule has 0 atom stereocenters. The fourth-order valence-electron chi connectivity index (χ4n) is 1.36. The molecule has 2 rings (SSSR count). The van der Waals surface area contributed by atoms with E-state index in [9.17, 15) is 4.79 Å². The van der Waals surface area contributed by atoms with Crippen molar-refractivity contribution in [2.24, 2.45) is 0 Å². The fourth-order valence-corrected chi connectivity index (χ4v) is 2.32. The summed E-state index contributed by atoms with van der Waals surface area (Å²) in [6.07, 6.45) is 1.53. The van der Waals surface area contributed by atoms with Gasteiger partial charge in [0.05, 0.1) is 5.03 Å². The topological polar surface area (TPSA) is 45.8 Å². The number of aromatic amines is 1. The number of nitrogens with one attached hydrogen (secondary N) is 1. The van der Waals surface area contributed by atoms with E-state index in [-0.39, 0.29) is 5.69 Å². The molecule has 0 bridgehead atoms. The molecule has 0 amide bonds. The summed E-state index contributed by atoms with van der Waals surface area (Å²) in [7, 11) is 0. The Morgan fingerprint density at radius 1 is 1.31 bits per heavy atom. The first-order chi connectivity index (χ1) is 7.75. The summed E-state index contributed by atoms with van der Waals surface area (Å²) in [6, 6.07) is 10.0. The van der Waals surface area contributed by atoms with Crippen molar-refractivity contribution in [3.05, 3.63) is 58.1 Å². The molecule has 4 heteroatoms. The third-order valence-corrected chi connectivity index (χ3v) is 3.30. The van der Waals surface area contributed by atoms with Crippen LogP contribution in [0.3, 0.4) is 0 Å². The second kappa shape index (κ2) is 4.99. The van der Waals surface area contributed by atoms with Crippen LogP contribution < -0.4 is 5.69 Å². The minimum Gasteiger partial charge on any atom is -0.300 e. The van der Waals surface area contributed by atoms with E-state index < -0.39 is 0 Å². The molecule has 0 aliphatic carbocycles. The SMILES string of the molecule is Cc1ccccc1CSc1ccnc(=O)[nH]1. The van der Waals surface area contributed by atoms with Crippen LogP contribution in [0.25, 0.3) is 0 Å². The highest BCUT2D eigenvalue weighted by atomic mass is 32.2. The van der Waals surface area contributed by atoms with Crippen LogP contribution in [0.1, 0.15) is 11.1 Å². The van der Waals surface area contributed by atoms with Crippen molar-refractivity contribution >= 4 is 11.8 Å². The number of rotatable bonds is 3. The molecule has 0 unspecified atom stereocenters. The Hall–Kier alpha value is -1.55. The predicted octanol–water partition coefficient (Wildman–Crippen LogP) is 2.37. The lowest BCUT2D eigenvalue weighted by molar-refractivity contribution is 0.978. The molecule has 0 radical (unpaired) electrons. The highest BCUT2D eigenvalue weighted by molar-refractivity contribution is 7.98. The van der Waals surface area contributed by atoms with Gasteiger partial charge >= 0.3 is 5.69 Å². The van der Waals surface area contributed by atoms with Gasteiger partial charge in [-0.3, -0.25) is 0 Å². The van der Waals surface area contributed by atoms with Crippen molar-refractivity contribution < 1.29 is 0 Å². The van der Waals surface area contributed by atoms with Crippen molar-refractivity contribution in [1.29, 1.82) is 0 Å². The van der Waals surface area contributed by atoms with Gasteiger partial charge in [-0.1, -0.05) is 24.3 Å². The molecular weight excluding hydrogens is 220 g/mol. The first-order valence-corrected chi connectivity index (χ1v) is 5.97. The predicted molar refractivity (Wildman–Crippen MR) is 65.6 cm³/mol. The average molecular weight is 232 g/mol. The number of H-pyrrole nitrogens is 1. The Morgan fingerprint density at radius 3 is 2.88 bits per heavy atom. The first-order valence-electron chi connectivity index (χ1n) is 4.98. The lowest BCUT2D eigenvalue weighted by Crippen LogP contribution is -2.08. The quantitative estimate of drug-likeness (QED) is 0.652. The zero-order valence-electron chi connectivity index (χ0n) is 8.93. The number of hydrogen-bond donors (Lipinski definition) is 1. The molecule has 0 saturated heterocycles. The van der Waals surface area contributed by atoms with Gasteiger partial charge in [-0.05, 0) is 24.1 Å². The number of hydrogen-bond acceptors (Lipinski definition) is 3. The molecule has 82 valence electrons. The van der Waals surface area contributed by atoms with Crippen molar-refractivity contribution in [3.63, 3.8) is 0 Å². The number of aryl methyl sites for hydroxylation is 1. The lowest BCUT2D eigenvalue weighted by Gasteiger charge is -2.04. The molecular formula is C12H12N2OS. The standard InChI is InChI=1S/C12H12N2OS/c1-9-4-2-3-5-10(9)8-16-11-6-7-13-12(15)14-11/h2-7H,8H2,1H3,(H,13,14,15). The normalized spacial score (nSPS) is 10.3. The van der Waals surface area contributed by atoms with Crippen molar-refractivity contribution in [1.82, 2.24) is 9.97 Å². The number of aromatic nitrogens is 2. The third kappa shape index (κ3) is 2.73. The van der Waals surface area contributed by atoms with Gasteiger partial charge in [-0.15, -0.1) is 11.8 Å². The summed E-state index contributed by atoms with van der Waals surface area (Å²) in [5, 5.41) is 0.850. The molecule has 1 aromatic carbocycles. The molecule has 1 N–H and O–H groups in total. The zero-order chi connectivity index (χ0) is 11.4. The monoisotopic (exact) mass is 232 g/mol. The summed E-state index contributed by atoms with van der Waals surface area (Å²) in [5.41, 5.74) is 2.26. The average Bonchev–Trinajstić information content (AvgIpc) is 2.28. The Bertz CT molecular complexity index is 536. The molecule has 1 heterocycles. The van der Waals surface area contributed by atoms with Gasteiger partial charge in [0.25, 0.3) is 0 Å². The zero-order valence-corrected chi connectivity index (χ0v) is 9.75. The maximum absolute atomic E-state index is 11.0. The largest absolute Gasteiger partial charge is 0.345 e. The maximum atomic E-state index is 11.0. The molecule has 3 nitrogen and oxygen atoms in total. The summed E-state index contributed by atoms with van der Waals surface area (Å²) >= 11 is 1.61. The van der Waals surface area contributed by atoms with E-state index >= 15 is 0 Å². The van der Waals surface area contributed by atoms with E-state index in [0.29, 0.717) is 0 Å². The molecule has 0 aliphatic rings. The summed E-state index contributed by atoms with van der Waals surface area (Å²) in [5.74, 6) is 0.854. The van der Waals surface area contributed by atoms with E-state index in [1.807, 2.05) is 18.2 Å². The highest BCUT2D eigenvalue weighted by Crippen LogP contribution is 2.21. The minimum absolute atomic E-state index is 0.296. The molecule has 0 aliphatic heterocycles. The van der Waals surface area contributed by atoms with Crippen molar-refractivity contribution in [2.75, 3.05) is 0 Å².